The average Bonchev–Trinajstić information content (AvgIpc) is 2.27. The summed E-state index contributed by atoms with van der Waals surface area (Å²) in [6, 6.07) is 7.67. The summed E-state index contributed by atoms with van der Waals surface area (Å²) in [6.45, 7) is 3.71. The van der Waals surface area contributed by atoms with Gasteiger partial charge in [-0.3, -0.25) is 4.79 Å². The van der Waals surface area contributed by atoms with Crippen molar-refractivity contribution in [3.8, 4) is 5.75 Å². The number of carbonyl (C=O) groups excluding carboxylic acids is 1. The van der Waals surface area contributed by atoms with Crippen molar-refractivity contribution in [3.05, 3.63) is 29.8 Å². The van der Waals surface area contributed by atoms with Gasteiger partial charge in [-0.2, -0.15) is 0 Å². The van der Waals surface area contributed by atoms with Crippen molar-refractivity contribution < 1.29 is 9.53 Å². The summed E-state index contributed by atoms with van der Waals surface area (Å²) in [5, 5.41) is 0. The van der Waals surface area contributed by atoms with Crippen LogP contribution in [0.3, 0.4) is 0 Å². The van der Waals surface area contributed by atoms with E-state index in [4.69, 9.17) is 16.2 Å². The van der Waals surface area contributed by atoms with Crippen LogP contribution in [-0.4, -0.2) is 18.1 Å². The van der Waals surface area contributed by atoms with E-state index in [0.717, 1.165) is 6.42 Å². The van der Waals surface area contributed by atoms with Gasteiger partial charge in [0.25, 0.3) is 0 Å². The molecule has 1 aromatic carbocycles. The van der Waals surface area contributed by atoms with Gasteiger partial charge in [0.1, 0.15) is 17.9 Å². The smallest absolute Gasteiger partial charge is 0.240 e. The Morgan fingerprint density at radius 2 is 1.94 bits per heavy atom. The third kappa shape index (κ3) is 3.24. The Bertz CT molecular complexity index is 358. The Hall–Kier alpha value is -1.55. The fourth-order valence-corrected chi connectivity index (χ4v) is 1.13. The molecule has 0 spiro atoms. The molecule has 1 aromatic rings. The molecule has 4 nitrogen and oxygen atoms in total. The maximum atomic E-state index is 11.0. The molecule has 1 unspecified atom stereocenters. The van der Waals surface area contributed by atoms with Gasteiger partial charge >= 0.3 is 0 Å². The van der Waals surface area contributed by atoms with Crippen LogP contribution in [-0.2, 0) is 11.2 Å². The second-order valence-electron chi connectivity index (χ2n) is 4.07. The normalized spacial score (nSPS) is 14.2. The molecule has 0 saturated heterocycles. The summed E-state index contributed by atoms with van der Waals surface area (Å²) >= 11 is 0. The van der Waals surface area contributed by atoms with Crippen molar-refractivity contribution in [2.24, 2.45) is 11.5 Å². The Balaban J connectivity index is 2.58. The Morgan fingerprint density at radius 1 is 1.38 bits per heavy atom. The van der Waals surface area contributed by atoms with E-state index < -0.39 is 11.4 Å². The highest BCUT2D eigenvalue weighted by atomic mass is 16.5. The lowest BCUT2D eigenvalue weighted by Gasteiger charge is -2.20. The molecule has 0 aliphatic carbocycles. The van der Waals surface area contributed by atoms with Gasteiger partial charge in [-0.25, -0.2) is 0 Å². The summed E-state index contributed by atoms with van der Waals surface area (Å²) in [7, 11) is 0. The summed E-state index contributed by atoms with van der Waals surface area (Å²) in [5.41, 5.74) is 10.9. The highest BCUT2D eigenvalue weighted by molar-refractivity contribution is 5.84. The van der Waals surface area contributed by atoms with E-state index in [9.17, 15) is 4.79 Å². The standard InChI is InChI=1S/C12H18N2O2/c1-3-9-4-6-10(7-5-9)16-8-12(2,14)11(13)15/h4-7H,3,8,14H2,1-2H3,(H2,13,15). The van der Waals surface area contributed by atoms with E-state index in [0.29, 0.717) is 5.75 Å². The molecule has 4 N–H and O–H groups in total. The highest BCUT2D eigenvalue weighted by Gasteiger charge is 2.26. The van der Waals surface area contributed by atoms with Gasteiger partial charge in [0.15, 0.2) is 0 Å². The van der Waals surface area contributed by atoms with Crippen molar-refractivity contribution in [1.82, 2.24) is 0 Å². The van der Waals surface area contributed by atoms with Crippen LogP contribution in [0, 0.1) is 0 Å². The van der Waals surface area contributed by atoms with Gasteiger partial charge in [0.05, 0.1) is 0 Å². The van der Waals surface area contributed by atoms with Crippen LogP contribution < -0.4 is 16.2 Å². The molecular weight excluding hydrogens is 204 g/mol. The number of nitrogens with two attached hydrogens (primary N) is 2. The van der Waals surface area contributed by atoms with Gasteiger partial charge in [-0.15, -0.1) is 0 Å². The van der Waals surface area contributed by atoms with Crippen molar-refractivity contribution in [1.29, 1.82) is 0 Å². The van der Waals surface area contributed by atoms with E-state index in [1.165, 1.54) is 5.56 Å². The minimum atomic E-state index is -1.14. The number of ether oxygens (including phenoxy) is 1. The fraction of sp³-hybridized carbons (Fsp3) is 0.417. The number of aryl methyl sites for hydroxylation is 1. The zero-order valence-electron chi connectivity index (χ0n) is 9.69. The number of benzene rings is 1. The maximum absolute atomic E-state index is 11.0. The molecule has 0 aliphatic rings. The van der Waals surface area contributed by atoms with Crippen molar-refractivity contribution in [2.75, 3.05) is 6.61 Å². The minimum Gasteiger partial charge on any atom is -0.491 e. The second kappa shape index (κ2) is 4.99. The zero-order chi connectivity index (χ0) is 12.2. The largest absolute Gasteiger partial charge is 0.491 e. The summed E-state index contributed by atoms with van der Waals surface area (Å²) in [5.74, 6) is 0.118. The lowest BCUT2D eigenvalue weighted by atomic mass is 10.1. The first kappa shape index (κ1) is 12.5. The highest BCUT2D eigenvalue weighted by Crippen LogP contribution is 2.13. The van der Waals surface area contributed by atoms with Gasteiger partial charge in [-0.1, -0.05) is 19.1 Å². The van der Waals surface area contributed by atoms with Crippen LogP contribution >= 0.6 is 0 Å². The van der Waals surface area contributed by atoms with Crippen LogP contribution in [0.4, 0.5) is 0 Å². The van der Waals surface area contributed by atoms with Gasteiger partial charge in [0, 0.05) is 0 Å². The first-order valence-electron chi connectivity index (χ1n) is 5.26. The quantitative estimate of drug-likeness (QED) is 0.774. The molecule has 0 aliphatic heterocycles. The van der Waals surface area contributed by atoms with Crippen LogP contribution in [0.1, 0.15) is 19.4 Å². The first-order chi connectivity index (χ1) is 7.45. The molecule has 1 amide bonds. The predicted molar refractivity (Wildman–Crippen MR) is 63.1 cm³/mol. The van der Waals surface area contributed by atoms with Crippen LogP contribution in [0.5, 0.6) is 5.75 Å². The molecule has 1 atom stereocenters. The molecule has 88 valence electrons. The molecule has 1 rings (SSSR count). The van der Waals surface area contributed by atoms with Gasteiger partial charge in [0.2, 0.25) is 5.91 Å². The fourth-order valence-electron chi connectivity index (χ4n) is 1.13. The van der Waals surface area contributed by atoms with Crippen molar-refractivity contribution in [3.63, 3.8) is 0 Å². The summed E-state index contributed by atoms with van der Waals surface area (Å²) in [4.78, 5) is 11.0. The predicted octanol–water partition coefficient (Wildman–Crippen LogP) is 0.831. The molecule has 0 aromatic heterocycles. The number of hydrogen-bond acceptors (Lipinski definition) is 3. The number of rotatable bonds is 5. The Morgan fingerprint density at radius 3 is 2.38 bits per heavy atom. The SMILES string of the molecule is CCc1ccc(OCC(C)(N)C(N)=O)cc1. The minimum absolute atomic E-state index is 0.0772. The number of hydrogen-bond donors (Lipinski definition) is 2. The van der Waals surface area contributed by atoms with Crippen LogP contribution in [0.25, 0.3) is 0 Å². The van der Waals surface area contributed by atoms with E-state index in [2.05, 4.69) is 6.92 Å². The van der Waals surface area contributed by atoms with Gasteiger partial charge < -0.3 is 16.2 Å². The lowest BCUT2D eigenvalue weighted by Crippen LogP contribution is -2.53. The molecule has 0 heterocycles. The van der Waals surface area contributed by atoms with E-state index >= 15 is 0 Å². The van der Waals surface area contributed by atoms with Gasteiger partial charge in [-0.05, 0) is 31.0 Å². The molecule has 4 heteroatoms. The Labute approximate surface area is 95.6 Å². The molecule has 16 heavy (non-hydrogen) atoms. The Kier molecular flexibility index (Phi) is 3.90. The first-order valence-corrected chi connectivity index (χ1v) is 5.26. The number of amides is 1. The topological polar surface area (TPSA) is 78.3 Å². The van der Waals surface area contributed by atoms with Crippen molar-refractivity contribution in [2.45, 2.75) is 25.8 Å². The number of primary amides is 1. The molecular formula is C12H18N2O2. The van der Waals surface area contributed by atoms with Crippen molar-refractivity contribution >= 4 is 5.91 Å². The van der Waals surface area contributed by atoms with E-state index in [1.54, 1.807) is 6.92 Å². The maximum Gasteiger partial charge on any atom is 0.240 e. The molecule has 0 bridgehead atoms. The monoisotopic (exact) mass is 222 g/mol. The van der Waals surface area contributed by atoms with E-state index in [-0.39, 0.29) is 6.61 Å². The third-order valence-corrected chi connectivity index (χ3v) is 2.43. The van der Waals surface area contributed by atoms with Crippen LogP contribution in [0.15, 0.2) is 24.3 Å². The zero-order valence-corrected chi connectivity index (χ0v) is 9.69. The molecule has 0 saturated carbocycles. The summed E-state index contributed by atoms with van der Waals surface area (Å²) < 4.78 is 5.41. The average molecular weight is 222 g/mol. The second-order valence-corrected chi connectivity index (χ2v) is 4.07. The van der Waals surface area contributed by atoms with Crippen LogP contribution in [0.2, 0.25) is 0 Å². The lowest BCUT2D eigenvalue weighted by molar-refractivity contribution is -0.123. The molecule has 0 radical (unpaired) electrons. The molecule has 0 fully saturated rings. The van der Waals surface area contributed by atoms with E-state index in [1.807, 2.05) is 24.3 Å². The summed E-state index contributed by atoms with van der Waals surface area (Å²) in [6.07, 6.45) is 0.982. The third-order valence-electron chi connectivity index (χ3n) is 2.43. The number of carbonyl (C=O) groups is 1.